The van der Waals surface area contributed by atoms with E-state index < -0.39 is 18.4 Å². The zero-order valence-electron chi connectivity index (χ0n) is 13.5. The second-order valence-corrected chi connectivity index (χ2v) is 12.2. The number of hydrogen-bond donors (Lipinski definition) is 0. The maximum atomic E-state index is 12.2. The van der Waals surface area contributed by atoms with Gasteiger partial charge in [0.05, 0.1) is 4.90 Å². The molecule has 0 heterocycles. The van der Waals surface area contributed by atoms with Gasteiger partial charge in [0.15, 0.2) is 0 Å². The van der Waals surface area contributed by atoms with E-state index in [-0.39, 0.29) is 4.90 Å². The highest BCUT2D eigenvalue weighted by Crippen LogP contribution is 2.23. The fourth-order valence-electron chi connectivity index (χ4n) is 2.30. The van der Waals surface area contributed by atoms with Crippen LogP contribution in [0.25, 0.3) is 0 Å². The normalized spacial score (nSPS) is 12.5. The summed E-state index contributed by atoms with van der Waals surface area (Å²) in [5.41, 5.74) is 0. The van der Waals surface area contributed by atoms with E-state index in [0.717, 1.165) is 12.5 Å². The van der Waals surface area contributed by atoms with Crippen LogP contribution in [0.15, 0.2) is 35.2 Å². The van der Waals surface area contributed by atoms with E-state index >= 15 is 0 Å². The Kier molecular flexibility index (Phi) is 7.63. The van der Waals surface area contributed by atoms with Crippen LogP contribution < -0.4 is 0 Å². The van der Waals surface area contributed by atoms with Crippen LogP contribution in [-0.2, 0) is 14.0 Å². The average molecular weight is 329 g/mol. The van der Waals surface area contributed by atoms with Crippen LogP contribution in [0.3, 0.4) is 0 Å². The second-order valence-electron chi connectivity index (χ2n) is 6.13. The maximum Gasteiger partial charge on any atom is 0.287 e. The molecule has 0 saturated carbocycles. The molecule has 0 bridgehead atoms. The average Bonchev–Trinajstić information content (AvgIpc) is 2.42. The topological polar surface area (TPSA) is 43.4 Å². The predicted molar refractivity (Wildman–Crippen MR) is 90.4 cm³/mol. The standard InChI is InChI=1S/C16H28O3SSi/c1-4-5-6-7-8-12-15-21(2,3)19-20(17,18)16-13-10-9-11-14-16/h9-11,13-14H,4-8,12,15H2,1-3H3. The molecule has 1 rings (SSSR count). The smallest absolute Gasteiger partial charge is 0.287 e. The summed E-state index contributed by atoms with van der Waals surface area (Å²) < 4.78 is 30.0. The molecule has 0 aliphatic carbocycles. The van der Waals surface area contributed by atoms with Gasteiger partial charge in [-0.1, -0.05) is 63.6 Å². The van der Waals surface area contributed by atoms with Gasteiger partial charge in [0.1, 0.15) is 0 Å². The Labute approximate surface area is 131 Å². The Morgan fingerprint density at radius 1 is 0.952 bits per heavy atom. The van der Waals surface area contributed by atoms with E-state index in [1.54, 1.807) is 30.3 Å². The van der Waals surface area contributed by atoms with E-state index in [4.69, 9.17) is 3.87 Å². The number of benzene rings is 1. The summed E-state index contributed by atoms with van der Waals surface area (Å²) in [6.45, 7) is 6.18. The lowest BCUT2D eigenvalue weighted by Crippen LogP contribution is -2.33. The van der Waals surface area contributed by atoms with E-state index in [0.29, 0.717) is 0 Å². The largest absolute Gasteiger partial charge is 0.312 e. The van der Waals surface area contributed by atoms with Crippen molar-refractivity contribution in [1.29, 1.82) is 0 Å². The molecule has 0 amide bonds. The first kappa shape index (κ1) is 18.4. The molecule has 0 fully saturated rings. The molecule has 0 aliphatic rings. The monoisotopic (exact) mass is 328 g/mol. The molecular weight excluding hydrogens is 300 g/mol. The van der Waals surface area contributed by atoms with Crippen molar-refractivity contribution in [3.63, 3.8) is 0 Å². The van der Waals surface area contributed by atoms with Gasteiger partial charge in [-0.25, -0.2) is 0 Å². The zero-order valence-corrected chi connectivity index (χ0v) is 15.3. The fourth-order valence-corrected chi connectivity index (χ4v) is 6.99. The Morgan fingerprint density at radius 2 is 1.52 bits per heavy atom. The first-order valence-corrected chi connectivity index (χ1v) is 12.4. The van der Waals surface area contributed by atoms with Crippen molar-refractivity contribution in [3.8, 4) is 0 Å². The third kappa shape index (κ3) is 7.25. The molecule has 0 saturated heterocycles. The molecule has 0 radical (unpaired) electrons. The van der Waals surface area contributed by atoms with Crippen molar-refractivity contribution < 1.29 is 12.3 Å². The summed E-state index contributed by atoms with van der Waals surface area (Å²) in [4.78, 5) is 0.258. The van der Waals surface area contributed by atoms with E-state index in [1.165, 1.54) is 32.1 Å². The maximum absolute atomic E-state index is 12.2. The van der Waals surface area contributed by atoms with Gasteiger partial charge in [0.25, 0.3) is 10.1 Å². The third-order valence-electron chi connectivity index (χ3n) is 3.50. The summed E-state index contributed by atoms with van der Waals surface area (Å²) in [7, 11) is -5.79. The van der Waals surface area contributed by atoms with Crippen molar-refractivity contribution in [1.82, 2.24) is 0 Å². The lowest BCUT2D eigenvalue weighted by atomic mass is 10.1. The molecule has 0 spiro atoms. The number of hydrogen-bond acceptors (Lipinski definition) is 3. The molecule has 120 valence electrons. The van der Waals surface area contributed by atoms with Gasteiger partial charge in [-0.15, -0.1) is 0 Å². The predicted octanol–water partition coefficient (Wildman–Crippen LogP) is 4.96. The van der Waals surface area contributed by atoms with Crippen LogP contribution in [-0.4, -0.2) is 16.7 Å². The first-order chi connectivity index (χ1) is 9.87. The number of unbranched alkanes of at least 4 members (excludes halogenated alkanes) is 5. The minimum atomic E-state index is -3.61. The minimum Gasteiger partial charge on any atom is -0.312 e. The van der Waals surface area contributed by atoms with Crippen molar-refractivity contribution in [2.75, 3.05) is 0 Å². The van der Waals surface area contributed by atoms with E-state index in [1.807, 2.05) is 13.1 Å². The lowest BCUT2D eigenvalue weighted by Gasteiger charge is -2.22. The van der Waals surface area contributed by atoms with Crippen LogP contribution in [0, 0.1) is 0 Å². The highest BCUT2D eigenvalue weighted by atomic mass is 32.2. The van der Waals surface area contributed by atoms with E-state index in [2.05, 4.69) is 6.92 Å². The molecule has 0 aromatic heterocycles. The van der Waals surface area contributed by atoms with Crippen LogP contribution in [0.2, 0.25) is 19.1 Å². The van der Waals surface area contributed by atoms with E-state index in [9.17, 15) is 8.42 Å². The molecule has 0 aliphatic heterocycles. The summed E-state index contributed by atoms with van der Waals surface area (Å²) >= 11 is 0. The molecule has 0 atom stereocenters. The molecule has 0 unspecified atom stereocenters. The second kappa shape index (κ2) is 8.71. The molecule has 5 heteroatoms. The van der Waals surface area contributed by atoms with Crippen LogP contribution >= 0.6 is 0 Å². The van der Waals surface area contributed by atoms with Crippen molar-refractivity contribution >= 4 is 18.4 Å². The Hall–Kier alpha value is -0.653. The van der Waals surface area contributed by atoms with Gasteiger partial charge in [0.2, 0.25) is 8.32 Å². The molecule has 1 aromatic rings. The third-order valence-corrected chi connectivity index (χ3v) is 8.59. The summed E-state index contributed by atoms with van der Waals surface area (Å²) in [6, 6.07) is 9.31. The Morgan fingerprint density at radius 3 is 2.14 bits per heavy atom. The lowest BCUT2D eigenvalue weighted by molar-refractivity contribution is 0.478. The van der Waals surface area contributed by atoms with Crippen LogP contribution in [0.1, 0.15) is 45.4 Å². The van der Waals surface area contributed by atoms with Gasteiger partial charge in [-0.2, -0.15) is 8.42 Å². The molecule has 3 nitrogen and oxygen atoms in total. The summed E-state index contributed by atoms with van der Waals surface area (Å²) in [5.74, 6) is 0. The van der Waals surface area contributed by atoms with Crippen molar-refractivity contribution in [2.24, 2.45) is 0 Å². The number of rotatable bonds is 10. The van der Waals surface area contributed by atoms with Crippen molar-refractivity contribution in [3.05, 3.63) is 30.3 Å². The van der Waals surface area contributed by atoms with Gasteiger partial charge in [0, 0.05) is 0 Å². The SMILES string of the molecule is CCCCCCCC[Si](C)(C)OS(=O)(=O)c1ccccc1. The molecule has 1 aromatic carbocycles. The summed E-state index contributed by atoms with van der Waals surface area (Å²) in [5, 5.41) is 0. The molecule has 0 N–H and O–H groups in total. The molecular formula is C16H28O3SSi. The van der Waals surface area contributed by atoms with Crippen LogP contribution in [0.5, 0.6) is 0 Å². The van der Waals surface area contributed by atoms with Gasteiger partial charge in [-0.05, 0) is 31.3 Å². The van der Waals surface area contributed by atoms with Crippen LogP contribution in [0.4, 0.5) is 0 Å². The zero-order chi connectivity index (χ0) is 15.8. The van der Waals surface area contributed by atoms with Crippen molar-refractivity contribution in [2.45, 2.75) is 69.5 Å². The highest BCUT2D eigenvalue weighted by Gasteiger charge is 2.30. The quantitative estimate of drug-likeness (QED) is 0.450. The van der Waals surface area contributed by atoms with Gasteiger partial charge in [-0.3, -0.25) is 0 Å². The minimum absolute atomic E-state index is 0.258. The highest BCUT2D eigenvalue weighted by molar-refractivity contribution is 7.87. The first-order valence-electron chi connectivity index (χ1n) is 7.88. The van der Waals surface area contributed by atoms with Gasteiger partial charge < -0.3 is 3.87 Å². The van der Waals surface area contributed by atoms with Gasteiger partial charge >= 0.3 is 0 Å². The molecule has 21 heavy (non-hydrogen) atoms. The Bertz CT molecular complexity index is 498. The Balaban J connectivity index is 2.44. The summed E-state index contributed by atoms with van der Waals surface area (Å²) in [6.07, 6.45) is 7.29. The fraction of sp³-hybridized carbons (Fsp3) is 0.625.